The Morgan fingerprint density at radius 2 is 2.23 bits per heavy atom. The van der Waals surface area contributed by atoms with Gasteiger partial charge in [0, 0.05) is 26.8 Å². The number of nitrogens with zero attached hydrogens (tertiary/aromatic N) is 2. The van der Waals surface area contributed by atoms with Gasteiger partial charge < -0.3 is 9.80 Å². The summed E-state index contributed by atoms with van der Waals surface area (Å²) in [4.78, 5) is 4.47. The predicted molar refractivity (Wildman–Crippen MR) is 57.6 cm³/mol. The van der Waals surface area contributed by atoms with E-state index in [0.717, 1.165) is 0 Å². The molecule has 1 aliphatic heterocycles. The van der Waals surface area contributed by atoms with Gasteiger partial charge in [0.25, 0.3) is 0 Å². The highest BCUT2D eigenvalue weighted by Crippen LogP contribution is 2.23. The normalized spacial score (nSPS) is 24.8. The van der Waals surface area contributed by atoms with Crippen LogP contribution < -0.4 is 0 Å². The molecular weight excluding hydrogens is 160 g/mol. The van der Waals surface area contributed by atoms with Crippen LogP contribution in [0.2, 0.25) is 0 Å². The second kappa shape index (κ2) is 4.47. The van der Waals surface area contributed by atoms with Crippen molar-refractivity contribution in [3.05, 3.63) is 24.4 Å². The molecule has 13 heavy (non-hydrogen) atoms. The standard InChI is InChI=1S/C11H20N2/c1-5-10(8-12(2)3)11-6-7-13(4)9-11/h5,8,11H,1,6-7,9H2,2-4H3/b10-8+. The third-order valence-corrected chi connectivity index (χ3v) is 2.51. The Hall–Kier alpha value is -0.760. The maximum absolute atomic E-state index is 3.87. The Kier molecular flexibility index (Phi) is 3.55. The van der Waals surface area contributed by atoms with Gasteiger partial charge in [-0.05, 0) is 31.5 Å². The van der Waals surface area contributed by atoms with Crippen LogP contribution in [0.25, 0.3) is 0 Å². The third-order valence-electron chi connectivity index (χ3n) is 2.51. The minimum atomic E-state index is 0.685. The Morgan fingerprint density at radius 3 is 2.62 bits per heavy atom. The second-order valence-electron chi connectivity index (χ2n) is 4.04. The largest absolute Gasteiger partial charge is 0.383 e. The molecule has 1 atom stereocenters. The summed E-state index contributed by atoms with van der Waals surface area (Å²) < 4.78 is 0. The molecule has 0 amide bonds. The lowest BCUT2D eigenvalue weighted by molar-refractivity contribution is 0.405. The molecule has 2 heteroatoms. The maximum atomic E-state index is 3.87. The Morgan fingerprint density at radius 1 is 1.54 bits per heavy atom. The number of rotatable bonds is 3. The van der Waals surface area contributed by atoms with E-state index in [9.17, 15) is 0 Å². The van der Waals surface area contributed by atoms with Gasteiger partial charge in [-0.3, -0.25) is 0 Å². The molecule has 1 aliphatic rings. The first-order valence-electron chi connectivity index (χ1n) is 4.82. The fourth-order valence-corrected chi connectivity index (χ4v) is 1.83. The summed E-state index contributed by atoms with van der Waals surface area (Å²) in [5, 5.41) is 0. The highest BCUT2D eigenvalue weighted by Gasteiger charge is 2.21. The lowest BCUT2D eigenvalue weighted by atomic mass is 9.99. The lowest BCUT2D eigenvalue weighted by Gasteiger charge is -2.14. The lowest BCUT2D eigenvalue weighted by Crippen LogP contribution is -2.15. The summed E-state index contributed by atoms with van der Waals surface area (Å²) in [5.74, 6) is 0.685. The van der Waals surface area contributed by atoms with Crippen molar-refractivity contribution in [2.75, 3.05) is 34.2 Å². The van der Waals surface area contributed by atoms with Crippen molar-refractivity contribution in [1.29, 1.82) is 0 Å². The minimum Gasteiger partial charge on any atom is -0.383 e. The van der Waals surface area contributed by atoms with Gasteiger partial charge in [0.1, 0.15) is 0 Å². The molecule has 1 rings (SSSR count). The van der Waals surface area contributed by atoms with Crippen LogP contribution in [-0.4, -0.2) is 44.0 Å². The van der Waals surface area contributed by atoms with Gasteiger partial charge in [0.05, 0.1) is 0 Å². The van der Waals surface area contributed by atoms with Crippen molar-refractivity contribution in [3.63, 3.8) is 0 Å². The molecule has 0 saturated carbocycles. The molecule has 74 valence electrons. The summed E-state index contributed by atoms with van der Waals surface area (Å²) in [6.07, 6.45) is 5.43. The van der Waals surface area contributed by atoms with Crippen molar-refractivity contribution in [2.24, 2.45) is 5.92 Å². The fraction of sp³-hybridized carbons (Fsp3) is 0.636. The summed E-state index contributed by atoms with van der Waals surface area (Å²) >= 11 is 0. The van der Waals surface area contributed by atoms with Crippen LogP contribution in [0.1, 0.15) is 6.42 Å². The molecule has 0 aromatic carbocycles. The van der Waals surface area contributed by atoms with E-state index in [2.05, 4.69) is 43.7 Å². The zero-order chi connectivity index (χ0) is 9.84. The van der Waals surface area contributed by atoms with Crippen molar-refractivity contribution in [2.45, 2.75) is 6.42 Å². The van der Waals surface area contributed by atoms with E-state index in [-0.39, 0.29) is 0 Å². The fourth-order valence-electron chi connectivity index (χ4n) is 1.83. The molecule has 0 bridgehead atoms. The first-order valence-corrected chi connectivity index (χ1v) is 4.82. The number of hydrogen-bond acceptors (Lipinski definition) is 2. The molecule has 1 saturated heterocycles. The van der Waals surface area contributed by atoms with Crippen LogP contribution in [0, 0.1) is 5.92 Å². The highest BCUT2D eigenvalue weighted by molar-refractivity contribution is 5.20. The van der Waals surface area contributed by atoms with Gasteiger partial charge >= 0.3 is 0 Å². The molecular formula is C11H20N2. The molecule has 1 fully saturated rings. The number of hydrogen-bond donors (Lipinski definition) is 0. The first-order chi connectivity index (χ1) is 6.13. The minimum absolute atomic E-state index is 0.685. The van der Waals surface area contributed by atoms with Gasteiger partial charge in [-0.15, -0.1) is 0 Å². The van der Waals surface area contributed by atoms with Crippen LogP contribution >= 0.6 is 0 Å². The van der Waals surface area contributed by atoms with Gasteiger partial charge in [-0.25, -0.2) is 0 Å². The Bertz CT molecular complexity index is 206. The van der Waals surface area contributed by atoms with E-state index in [4.69, 9.17) is 0 Å². The van der Waals surface area contributed by atoms with Gasteiger partial charge in [-0.1, -0.05) is 12.7 Å². The molecule has 0 N–H and O–H groups in total. The summed E-state index contributed by atoms with van der Waals surface area (Å²) in [6, 6.07) is 0. The van der Waals surface area contributed by atoms with Gasteiger partial charge in [-0.2, -0.15) is 0 Å². The second-order valence-corrected chi connectivity index (χ2v) is 4.04. The third kappa shape index (κ3) is 2.88. The van der Waals surface area contributed by atoms with Crippen molar-refractivity contribution >= 4 is 0 Å². The first kappa shape index (κ1) is 10.3. The van der Waals surface area contributed by atoms with Crippen molar-refractivity contribution < 1.29 is 0 Å². The summed E-state index contributed by atoms with van der Waals surface area (Å²) in [6.45, 7) is 6.25. The zero-order valence-corrected chi connectivity index (χ0v) is 8.95. The molecule has 0 spiro atoms. The van der Waals surface area contributed by atoms with Crippen molar-refractivity contribution in [3.8, 4) is 0 Å². The van der Waals surface area contributed by atoms with Crippen LogP contribution in [0.5, 0.6) is 0 Å². The summed E-state index contributed by atoms with van der Waals surface area (Å²) in [7, 11) is 6.29. The molecule has 0 aromatic heterocycles. The van der Waals surface area contributed by atoms with E-state index in [1.807, 2.05) is 6.08 Å². The van der Waals surface area contributed by atoms with Crippen LogP contribution in [0.3, 0.4) is 0 Å². The Balaban J connectivity index is 2.62. The van der Waals surface area contributed by atoms with Crippen LogP contribution in [-0.2, 0) is 0 Å². The zero-order valence-electron chi connectivity index (χ0n) is 8.95. The van der Waals surface area contributed by atoms with Crippen LogP contribution in [0.15, 0.2) is 24.4 Å². The molecule has 1 unspecified atom stereocenters. The van der Waals surface area contributed by atoms with Crippen molar-refractivity contribution in [1.82, 2.24) is 9.80 Å². The number of likely N-dealkylation sites (tertiary alicyclic amines) is 1. The topological polar surface area (TPSA) is 6.48 Å². The maximum Gasteiger partial charge on any atom is 0.00557 e. The average Bonchev–Trinajstić information content (AvgIpc) is 2.47. The smallest absolute Gasteiger partial charge is 0.00557 e. The van der Waals surface area contributed by atoms with E-state index >= 15 is 0 Å². The monoisotopic (exact) mass is 180 g/mol. The average molecular weight is 180 g/mol. The van der Waals surface area contributed by atoms with Crippen LogP contribution in [0.4, 0.5) is 0 Å². The molecule has 0 aliphatic carbocycles. The SMILES string of the molecule is C=C/C(=C\N(C)C)C1CCN(C)C1. The van der Waals surface area contributed by atoms with Gasteiger partial charge in [0.2, 0.25) is 0 Å². The van der Waals surface area contributed by atoms with E-state index < -0.39 is 0 Å². The van der Waals surface area contributed by atoms with E-state index in [0.29, 0.717) is 5.92 Å². The Labute approximate surface area is 81.5 Å². The predicted octanol–water partition coefficient (Wildman–Crippen LogP) is 1.57. The van der Waals surface area contributed by atoms with E-state index in [1.165, 1.54) is 25.1 Å². The molecule has 0 aromatic rings. The molecule has 0 radical (unpaired) electrons. The number of allylic oxidation sites excluding steroid dienone is 1. The van der Waals surface area contributed by atoms with Gasteiger partial charge in [0.15, 0.2) is 0 Å². The molecule has 2 nitrogen and oxygen atoms in total. The molecule has 1 heterocycles. The summed E-state index contributed by atoms with van der Waals surface area (Å²) in [5.41, 5.74) is 1.37. The highest BCUT2D eigenvalue weighted by atomic mass is 15.1. The van der Waals surface area contributed by atoms with E-state index in [1.54, 1.807) is 0 Å². The quantitative estimate of drug-likeness (QED) is 0.608.